The van der Waals surface area contributed by atoms with Gasteiger partial charge in [0.1, 0.15) is 11.6 Å². The molecule has 0 radical (unpaired) electrons. The van der Waals surface area contributed by atoms with E-state index in [1.54, 1.807) is 59.3 Å². The monoisotopic (exact) mass is 576 g/mol. The Bertz CT molecular complexity index is 1740. The van der Waals surface area contributed by atoms with Gasteiger partial charge in [0, 0.05) is 18.3 Å². The lowest BCUT2D eigenvalue weighted by Crippen LogP contribution is -2.07. The number of aromatic nitrogens is 2. The van der Waals surface area contributed by atoms with E-state index in [4.69, 9.17) is 11.6 Å². The first-order chi connectivity index (χ1) is 19.6. The molecule has 4 nitrogen and oxygen atoms in total. The van der Waals surface area contributed by atoms with E-state index in [1.807, 2.05) is 0 Å². The molecule has 4 aromatic carbocycles. The van der Waals surface area contributed by atoms with Crippen LogP contribution >= 0.6 is 11.6 Å². The minimum Gasteiger partial charge on any atom is -0.478 e. The van der Waals surface area contributed by atoms with E-state index in [-0.39, 0.29) is 22.7 Å². The lowest BCUT2D eigenvalue weighted by molar-refractivity contribution is -0.137. The number of hydrogen-bond donors (Lipinski definition) is 1. The lowest BCUT2D eigenvalue weighted by atomic mass is 9.98. The molecule has 1 heterocycles. The number of carboxylic acid groups (broad SMARTS) is 1. The second-order valence-electron chi connectivity index (χ2n) is 9.24. The van der Waals surface area contributed by atoms with Gasteiger partial charge in [-0.15, -0.1) is 0 Å². The summed E-state index contributed by atoms with van der Waals surface area (Å²) in [6.45, 7) is 0.241. The van der Waals surface area contributed by atoms with Crippen LogP contribution in [0.5, 0.6) is 0 Å². The predicted octanol–water partition coefficient (Wildman–Crippen LogP) is 8.95. The van der Waals surface area contributed by atoms with Gasteiger partial charge < -0.3 is 9.67 Å². The van der Waals surface area contributed by atoms with Crippen LogP contribution in [0.2, 0.25) is 5.02 Å². The maximum atomic E-state index is 14.1. The SMILES string of the molecule is O=C(O)c1ccc(Cn2cc(-c3ccc(F)cc3Cl)nc2/C=C/c2ccc(-c3ccccc3)cc2C(F)(F)F)cc1. The van der Waals surface area contributed by atoms with Crippen molar-refractivity contribution >= 4 is 29.7 Å². The number of rotatable bonds is 7. The number of carboxylic acids is 1. The van der Waals surface area contributed by atoms with Gasteiger partial charge in [0.05, 0.1) is 21.8 Å². The third-order valence-corrected chi connectivity index (χ3v) is 6.76. The number of aromatic carboxylic acids is 1. The molecule has 5 aromatic rings. The summed E-state index contributed by atoms with van der Waals surface area (Å²) in [5, 5.41) is 9.31. The van der Waals surface area contributed by atoms with E-state index >= 15 is 0 Å². The van der Waals surface area contributed by atoms with Crippen molar-refractivity contribution in [2.45, 2.75) is 12.7 Å². The first-order valence-electron chi connectivity index (χ1n) is 12.4. The zero-order valence-corrected chi connectivity index (χ0v) is 22.0. The first kappa shape index (κ1) is 27.9. The third kappa shape index (κ3) is 6.39. The Morgan fingerprint density at radius 1 is 0.902 bits per heavy atom. The van der Waals surface area contributed by atoms with E-state index in [2.05, 4.69) is 4.98 Å². The molecule has 0 amide bonds. The average molecular weight is 577 g/mol. The highest BCUT2D eigenvalue weighted by atomic mass is 35.5. The summed E-state index contributed by atoms with van der Waals surface area (Å²) in [5.41, 5.74) is 1.98. The molecule has 0 aliphatic rings. The summed E-state index contributed by atoms with van der Waals surface area (Å²) in [5.74, 6) is -1.26. The van der Waals surface area contributed by atoms with Gasteiger partial charge in [-0.05, 0) is 64.7 Å². The first-order valence-corrected chi connectivity index (χ1v) is 12.8. The number of nitrogens with zero attached hydrogens (tertiary/aromatic N) is 2. The van der Waals surface area contributed by atoms with Crippen LogP contribution in [0, 0.1) is 5.82 Å². The number of imidazole rings is 1. The number of carbonyl (C=O) groups is 1. The fourth-order valence-electron chi connectivity index (χ4n) is 4.39. The summed E-state index contributed by atoms with van der Waals surface area (Å²) in [7, 11) is 0. The highest BCUT2D eigenvalue weighted by molar-refractivity contribution is 6.33. The Labute approximate surface area is 237 Å². The van der Waals surface area contributed by atoms with E-state index in [0.717, 1.165) is 17.7 Å². The molecule has 5 rings (SSSR count). The van der Waals surface area contributed by atoms with Crippen molar-refractivity contribution < 1.29 is 27.5 Å². The summed E-state index contributed by atoms with van der Waals surface area (Å²) in [6.07, 6.45) is -0.120. The maximum absolute atomic E-state index is 14.1. The minimum absolute atomic E-state index is 0.0427. The van der Waals surface area contributed by atoms with Crippen molar-refractivity contribution in [2.75, 3.05) is 0 Å². The second-order valence-corrected chi connectivity index (χ2v) is 9.64. The van der Waals surface area contributed by atoms with Gasteiger partial charge >= 0.3 is 12.1 Å². The normalized spacial score (nSPS) is 11.7. The molecule has 206 valence electrons. The Hall–Kier alpha value is -4.69. The maximum Gasteiger partial charge on any atom is 0.417 e. The molecule has 0 aliphatic carbocycles. The summed E-state index contributed by atoms with van der Waals surface area (Å²) in [4.78, 5) is 15.8. The Balaban J connectivity index is 1.55. The summed E-state index contributed by atoms with van der Waals surface area (Å²) < 4.78 is 57.6. The van der Waals surface area contributed by atoms with Crippen LogP contribution in [0.25, 0.3) is 34.5 Å². The molecule has 0 unspecified atom stereocenters. The zero-order valence-electron chi connectivity index (χ0n) is 21.2. The van der Waals surface area contributed by atoms with Gasteiger partial charge in [-0.3, -0.25) is 0 Å². The lowest BCUT2D eigenvalue weighted by Gasteiger charge is -2.13. The van der Waals surface area contributed by atoms with E-state index in [9.17, 15) is 27.5 Å². The van der Waals surface area contributed by atoms with Crippen molar-refractivity contribution in [3.8, 4) is 22.4 Å². The van der Waals surface area contributed by atoms with Crippen molar-refractivity contribution in [3.05, 3.63) is 136 Å². The molecule has 41 heavy (non-hydrogen) atoms. The van der Waals surface area contributed by atoms with Gasteiger partial charge in [0.15, 0.2) is 0 Å². The largest absolute Gasteiger partial charge is 0.478 e. The fraction of sp³-hybridized carbons (Fsp3) is 0.0625. The molecule has 1 aromatic heterocycles. The highest BCUT2D eigenvalue weighted by Gasteiger charge is 2.33. The van der Waals surface area contributed by atoms with Crippen molar-refractivity contribution in [2.24, 2.45) is 0 Å². The van der Waals surface area contributed by atoms with Crippen LogP contribution in [0.4, 0.5) is 17.6 Å². The van der Waals surface area contributed by atoms with Gasteiger partial charge in [-0.1, -0.05) is 72.3 Å². The molecule has 0 atom stereocenters. The Kier molecular flexibility index (Phi) is 7.77. The molecule has 0 spiro atoms. The molecule has 0 fully saturated rings. The number of benzene rings is 4. The van der Waals surface area contributed by atoms with E-state index in [0.29, 0.717) is 28.2 Å². The predicted molar refractivity (Wildman–Crippen MR) is 151 cm³/mol. The number of hydrogen-bond acceptors (Lipinski definition) is 2. The van der Waals surface area contributed by atoms with Gasteiger partial charge in [-0.25, -0.2) is 14.2 Å². The van der Waals surface area contributed by atoms with Crippen LogP contribution in [0.15, 0.2) is 97.2 Å². The standard InChI is InChI=1S/C32H21ClF4N2O2/c33-28-17-25(34)13-14-26(28)29-19-39(18-20-6-8-23(9-7-20)31(40)41)30(38-29)15-12-22-10-11-24(16-27(22)32(35,36)37)21-4-2-1-3-5-21/h1-17,19H,18H2,(H,40,41)/b15-12+. The van der Waals surface area contributed by atoms with Crippen LogP contribution in [-0.4, -0.2) is 20.6 Å². The summed E-state index contributed by atoms with van der Waals surface area (Å²) in [6, 6.07) is 23.0. The molecule has 0 bridgehead atoms. The number of alkyl halides is 3. The smallest absolute Gasteiger partial charge is 0.417 e. The molecular formula is C32H21ClF4N2O2. The Morgan fingerprint density at radius 3 is 2.29 bits per heavy atom. The van der Waals surface area contributed by atoms with E-state index < -0.39 is 23.5 Å². The molecule has 1 N–H and O–H groups in total. The topological polar surface area (TPSA) is 55.1 Å². The third-order valence-electron chi connectivity index (χ3n) is 6.45. The highest BCUT2D eigenvalue weighted by Crippen LogP contribution is 2.36. The van der Waals surface area contributed by atoms with E-state index in [1.165, 1.54) is 42.5 Å². The average Bonchev–Trinajstić information content (AvgIpc) is 3.34. The van der Waals surface area contributed by atoms with Crippen LogP contribution in [0.1, 0.15) is 32.9 Å². The molecule has 0 aliphatic heterocycles. The van der Waals surface area contributed by atoms with Gasteiger partial charge in [-0.2, -0.15) is 13.2 Å². The van der Waals surface area contributed by atoms with Crippen molar-refractivity contribution in [1.29, 1.82) is 0 Å². The van der Waals surface area contributed by atoms with Crippen LogP contribution in [0.3, 0.4) is 0 Å². The van der Waals surface area contributed by atoms with Gasteiger partial charge in [0.2, 0.25) is 0 Å². The second kappa shape index (κ2) is 11.4. The van der Waals surface area contributed by atoms with Crippen molar-refractivity contribution in [1.82, 2.24) is 9.55 Å². The Morgan fingerprint density at radius 2 is 1.63 bits per heavy atom. The molecule has 0 saturated carbocycles. The van der Waals surface area contributed by atoms with Gasteiger partial charge in [0.25, 0.3) is 0 Å². The molecule has 9 heteroatoms. The number of halogens is 5. The fourth-order valence-corrected chi connectivity index (χ4v) is 4.65. The summed E-state index contributed by atoms with van der Waals surface area (Å²) >= 11 is 6.25. The quantitative estimate of drug-likeness (QED) is 0.197. The molecule has 0 saturated heterocycles. The molecular weight excluding hydrogens is 556 g/mol. The van der Waals surface area contributed by atoms with Crippen molar-refractivity contribution in [3.63, 3.8) is 0 Å². The van der Waals surface area contributed by atoms with Crippen LogP contribution < -0.4 is 0 Å². The minimum atomic E-state index is -4.60. The zero-order chi connectivity index (χ0) is 29.1. The van der Waals surface area contributed by atoms with Crippen LogP contribution in [-0.2, 0) is 12.7 Å².